The molecule has 0 radical (unpaired) electrons. The summed E-state index contributed by atoms with van der Waals surface area (Å²) >= 11 is 5.84. The highest BCUT2D eigenvalue weighted by atomic mass is 35.5. The quantitative estimate of drug-likeness (QED) is 0.707. The van der Waals surface area contributed by atoms with Crippen molar-refractivity contribution < 1.29 is 15.0 Å². The van der Waals surface area contributed by atoms with Crippen LogP contribution in [-0.2, 0) is 0 Å². The van der Waals surface area contributed by atoms with Gasteiger partial charge in [0.05, 0.1) is 5.38 Å². The molecule has 3 N–H and O–H groups in total. The van der Waals surface area contributed by atoms with Gasteiger partial charge < -0.3 is 15.5 Å². The van der Waals surface area contributed by atoms with E-state index in [1.165, 1.54) is 18.2 Å². The molecule has 1 aromatic rings. The Labute approximate surface area is 98.9 Å². The molecule has 1 aromatic carbocycles. The van der Waals surface area contributed by atoms with Crippen LogP contribution in [0.1, 0.15) is 23.7 Å². The monoisotopic (exact) mass is 243 g/mol. The van der Waals surface area contributed by atoms with Gasteiger partial charge in [0, 0.05) is 6.54 Å². The van der Waals surface area contributed by atoms with Crippen molar-refractivity contribution in [3.8, 4) is 11.5 Å². The molecule has 0 fully saturated rings. The molecule has 1 rings (SSSR count). The minimum absolute atomic E-state index is 0.123. The third kappa shape index (κ3) is 3.03. The van der Waals surface area contributed by atoms with Gasteiger partial charge in [0.25, 0.3) is 5.91 Å². The molecule has 88 valence electrons. The second-order valence-corrected chi connectivity index (χ2v) is 4.00. The van der Waals surface area contributed by atoms with Crippen LogP contribution in [0.4, 0.5) is 0 Å². The van der Waals surface area contributed by atoms with Crippen LogP contribution in [0.25, 0.3) is 0 Å². The fourth-order valence-corrected chi connectivity index (χ4v) is 1.27. The van der Waals surface area contributed by atoms with Crippen molar-refractivity contribution in [3.63, 3.8) is 0 Å². The number of amides is 1. The highest BCUT2D eigenvalue weighted by Gasteiger charge is 2.16. The standard InChI is InChI=1S/C11H14ClNO3/c1-2-7(12)6-13-11(16)10-8(14)4-3-5-9(10)15/h3-5,7,14-15H,2,6H2,1H3,(H,13,16). The molecule has 4 nitrogen and oxygen atoms in total. The van der Waals surface area contributed by atoms with Gasteiger partial charge in [0.1, 0.15) is 17.1 Å². The van der Waals surface area contributed by atoms with E-state index in [9.17, 15) is 15.0 Å². The molecule has 1 amide bonds. The van der Waals surface area contributed by atoms with E-state index in [1.807, 2.05) is 6.92 Å². The Morgan fingerprint density at radius 3 is 2.50 bits per heavy atom. The van der Waals surface area contributed by atoms with Gasteiger partial charge in [-0.25, -0.2) is 0 Å². The second-order valence-electron chi connectivity index (χ2n) is 3.39. The molecule has 0 saturated heterocycles. The van der Waals surface area contributed by atoms with E-state index in [2.05, 4.69) is 5.32 Å². The van der Waals surface area contributed by atoms with Gasteiger partial charge in [-0.3, -0.25) is 4.79 Å². The number of halogens is 1. The fourth-order valence-electron chi connectivity index (χ4n) is 1.20. The van der Waals surface area contributed by atoms with Crippen LogP contribution in [0.15, 0.2) is 18.2 Å². The fraction of sp³-hybridized carbons (Fsp3) is 0.364. The van der Waals surface area contributed by atoms with Crippen molar-refractivity contribution in [2.24, 2.45) is 0 Å². The molecule has 0 aromatic heterocycles. The van der Waals surface area contributed by atoms with Crippen LogP contribution in [0.3, 0.4) is 0 Å². The highest BCUT2D eigenvalue weighted by molar-refractivity contribution is 6.20. The van der Waals surface area contributed by atoms with Crippen LogP contribution < -0.4 is 5.32 Å². The van der Waals surface area contributed by atoms with E-state index in [0.29, 0.717) is 6.54 Å². The van der Waals surface area contributed by atoms with Gasteiger partial charge in [0.2, 0.25) is 0 Å². The van der Waals surface area contributed by atoms with Crippen molar-refractivity contribution in [2.45, 2.75) is 18.7 Å². The number of alkyl halides is 1. The van der Waals surface area contributed by atoms with Gasteiger partial charge in [0.15, 0.2) is 0 Å². The Balaban J connectivity index is 2.73. The van der Waals surface area contributed by atoms with Gasteiger partial charge in [-0.15, -0.1) is 11.6 Å². The van der Waals surface area contributed by atoms with Crippen LogP contribution in [0.5, 0.6) is 11.5 Å². The van der Waals surface area contributed by atoms with Gasteiger partial charge in [-0.1, -0.05) is 13.0 Å². The van der Waals surface area contributed by atoms with E-state index >= 15 is 0 Å². The molecule has 1 unspecified atom stereocenters. The van der Waals surface area contributed by atoms with Gasteiger partial charge in [-0.2, -0.15) is 0 Å². The highest BCUT2D eigenvalue weighted by Crippen LogP contribution is 2.25. The Morgan fingerprint density at radius 2 is 2.00 bits per heavy atom. The van der Waals surface area contributed by atoms with E-state index < -0.39 is 5.91 Å². The normalized spacial score (nSPS) is 12.1. The van der Waals surface area contributed by atoms with Crippen LogP contribution in [-0.4, -0.2) is 28.0 Å². The molecule has 5 heteroatoms. The molecule has 0 saturated carbocycles. The molecule has 0 aliphatic rings. The zero-order valence-electron chi connectivity index (χ0n) is 8.90. The Hall–Kier alpha value is -1.42. The third-order valence-electron chi connectivity index (χ3n) is 2.17. The van der Waals surface area contributed by atoms with E-state index in [1.54, 1.807) is 0 Å². The summed E-state index contributed by atoms with van der Waals surface area (Å²) in [5.41, 5.74) is -0.123. The predicted molar refractivity (Wildman–Crippen MR) is 62.0 cm³/mol. The molecule has 0 aliphatic heterocycles. The molecule has 0 bridgehead atoms. The molecule has 0 aliphatic carbocycles. The first kappa shape index (κ1) is 12.6. The lowest BCUT2D eigenvalue weighted by Crippen LogP contribution is -2.29. The number of benzene rings is 1. The molecule has 0 heterocycles. The minimum atomic E-state index is -0.533. The number of phenols is 2. The van der Waals surface area contributed by atoms with Crippen LogP contribution in [0, 0.1) is 0 Å². The summed E-state index contributed by atoms with van der Waals surface area (Å²) in [6, 6.07) is 4.14. The van der Waals surface area contributed by atoms with Crippen LogP contribution in [0.2, 0.25) is 0 Å². The molecule has 0 spiro atoms. The average molecular weight is 244 g/mol. The number of phenolic OH excluding ortho intramolecular Hbond substituents is 2. The largest absolute Gasteiger partial charge is 0.507 e. The predicted octanol–water partition coefficient (Wildman–Crippen LogP) is 1.84. The minimum Gasteiger partial charge on any atom is -0.507 e. The number of nitrogens with one attached hydrogen (secondary N) is 1. The number of carbonyl (C=O) groups is 1. The van der Waals surface area contributed by atoms with E-state index in [4.69, 9.17) is 11.6 Å². The average Bonchev–Trinajstić information content (AvgIpc) is 2.25. The maximum Gasteiger partial charge on any atom is 0.258 e. The summed E-state index contributed by atoms with van der Waals surface area (Å²) in [5, 5.41) is 21.2. The molecular weight excluding hydrogens is 230 g/mol. The summed E-state index contributed by atoms with van der Waals surface area (Å²) in [5.74, 6) is -1.03. The first-order valence-electron chi connectivity index (χ1n) is 4.99. The first-order chi connectivity index (χ1) is 7.56. The lowest BCUT2D eigenvalue weighted by Gasteiger charge is -2.10. The third-order valence-corrected chi connectivity index (χ3v) is 2.64. The Morgan fingerprint density at radius 1 is 1.44 bits per heavy atom. The Bertz CT molecular complexity index is 361. The number of hydrogen-bond donors (Lipinski definition) is 3. The van der Waals surface area contributed by atoms with E-state index in [-0.39, 0.29) is 22.4 Å². The van der Waals surface area contributed by atoms with Crippen molar-refractivity contribution in [3.05, 3.63) is 23.8 Å². The lowest BCUT2D eigenvalue weighted by atomic mass is 10.1. The Kier molecular flexibility index (Phi) is 4.43. The van der Waals surface area contributed by atoms with E-state index in [0.717, 1.165) is 6.42 Å². The number of rotatable bonds is 4. The summed E-state index contributed by atoms with van der Waals surface area (Å²) in [6.45, 7) is 2.20. The van der Waals surface area contributed by atoms with Crippen molar-refractivity contribution in [2.75, 3.05) is 6.54 Å². The summed E-state index contributed by atoms with van der Waals surface area (Å²) < 4.78 is 0. The molecule has 1 atom stereocenters. The number of hydrogen-bond acceptors (Lipinski definition) is 3. The first-order valence-corrected chi connectivity index (χ1v) is 5.43. The van der Waals surface area contributed by atoms with Crippen molar-refractivity contribution in [1.82, 2.24) is 5.32 Å². The van der Waals surface area contributed by atoms with Gasteiger partial charge in [-0.05, 0) is 18.6 Å². The SMILES string of the molecule is CCC(Cl)CNC(=O)c1c(O)cccc1O. The van der Waals surface area contributed by atoms with Crippen molar-refractivity contribution >= 4 is 17.5 Å². The van der Waals surface area contributed by atoms with Crippen LogP contribution >= 0.6 is 11.6 Å². The molecule has 16 heavy (non-hydrogen) atoms. The summed E-state index contributed by atoms with van der Waals surface area (Å²) in [4.78, 5) is 11.6. The zero-order chi connectivity index (χ0) is 12.1. The number of carbonyl (C=O) groups excluding carboxylic acids is 1. The van der Waals surface area contributed by atoms with Gasteiger partial charge >= 0.3 is 0 Å². The smallest absolute Gasteiger partial charge is 0.258 e. The maximum atomic E-state index is 11.6. The topological polar surface area (TPSA) is 69.6 Å². The maximum absolute atomic E-state index is 11.6. The zero-order valence-corrected chi connectivity index (χ0v) is 9.66. The second kappa shape index (κ2) is 5.61. The molecular formula is C11H14ClNO3. The number of aromatic hydroxyl groups is 2. The lowest BCUT2D eigenvalue weighted by molar-refractivity contribution is 0.0948. The summed E-state index contributed by atoms with van der Waals surface area (Å²) in [6.07, 6.45) is 0.731. The van der Waals surface area contributed by atoms with Crippen molar-refractivity contribution in [1.29, 1.82) is 0 Å². The summed E-state index contributed by atoms with van der Waals surface area (Å²) in [7, 11) is 0.